The van der Waals surface area contributed by atoms with Crippen LogP contribution in [0.4, 0.5) is 4.39 Å². The van der Waals surface area contributed by atoms with Gasteiger partial charge in [-0.1, -0.05) is 24.3 Å². The van der Waals surface area contributed by atoms with Crippen molar-refractivity contribution in [3.05, 3.63) is 66.1 Å². The standard InChI is InChI=1S/C18H15FN2O2/c1-2-20-17(22)12-7-3-4-8-13(12)18-21-11-16(23-18)14-9-5-6-10-15(14)19/h3-11H,2H2,1H3,(H,20,22). The number of nitrogens with one attached hydrogen (secondary N) is 1. The molecule has 0 aliphatic rings. The fourth-order valence-corrected chi connectivity index (χ4v) is 2.31. The lowest BCUT2D eigenvalue weighted by molar-refractivity contribution is 0.0956. The minimum Gasteiger partial charge on any atom is -0.436 e. The predicted octanol–water partition coefficient (Wildman–Crippen LogP) is 3.90. The molecule has 0 unspecified atom stereocenters. The summed E-state index contributed by atoms with van der Waals surface area (Å²) >= 11 is 0. The molecule has 4 nitrogen and oxygen atoms in total. The fraction of sp³-hybridized carbons (Fsp3) is 0.111. The molecular formula is C18H15FN2O2. The van der Waals surface area contributed by atoms with Gasteiger partial charge < -0.3 is 9.73 Å². The van der Waals surface area contributed by atoms with Crippen molar-refractivity contribution in [2.45, 2.75) is 6.92 Å². The van der Waals surface area contributed by atoms with E-state index in [1.54, 1.807) is 42.5 Å². The Balaban J connectivity index is 2.02. The van der Waals surface area contributed by atoms with Gasteiger partial charge in [0.25, 0.3) is 5.91 Å². The molecule has 1 aromatic heterocycles. The van der Waals surface area contributed by atoms with E-state index in [9.17, 15) is 9.18 Å². The molecule has 0 saturated heterocycles. The minimum atomic E-state index is -0.382. The van der Waals surface area contributed by atoms with Gasteiger partial charge in [0.15, 0.2) is 5.76 Å². The van der Waals surface area contributed by atoms with Crippen molar-refractivity contribution in [3.8, 4) is 22.8 Å². The highest BCUT2D eigenvalue weighted by Gasteiger charge is 2.17. The summed E-state index contributed by atoms with van der Waals surface area (Å²) in [5, 5.41) is 2.75. The highest BCUT2D eigenvalue weighted by atomic mass is 19.1. The first-order valence-electron chi connectivity index (χ1n) is 7.29. The van der Waals surface area contributed by atoms with Crippen molar-refractivity contribution in [1.29, 1.82) is 0 Å². The molecule has 1 heterocycles. The lowest BCUT2D eigenvalue weighted by Gasteiger charge is -2.06. The Morgan fingerprint density at radius 1 is 1.13 bits per heavy atom. The van der Waals surface area contributed by atoms with E-state index in [0.29, 0.717) is 29.0 Å². The van der Waals surface area contributed by atoms with Gasteiger partial charge in [-0.05, 0) is 31.2 Å². The van der Waals surface area contributed by atoms with Crippen LogP contribution in [0.25, 0.3) is 22.8 Å². The molecule has 0 bridgehead atoms. The molecule has 0 aliphatic carbocycles. The van der Waals surface area contributed by atoms with Crippen LogP contribution < -0.4 is 5.32 Å². The maximum Gasteiger partial charge on any atom is 0.252 e. The molecule has 116 valence electrons. The molecule has 2 aromatic carbocycles. The summed E-state index contributed by atoms with van der Waals surface area (Å²) in [5.74, 6) is 0.0230. The molecule has 0 saturated carbocycles. The van der Waals surface area contributed by atoms with E-state index in [1.807, 2.05) is 6.92 Å². The molecule has 0 spiro atoms. The van der Waals surface area contributed by atoms with Gasteiger partial charge >= 0.3 is 0 Å². The Kier molecular flexibility index (Phi) is 4.19. The number of amides is 1. The van der Waals surface area contributed by atoms with Crippen LogP contribution in [0.2, 0.25) is 0 Å². The topological polar surface area (TPSA) is 55.1 Å². The lowest BCUT2D eigenvalue weighted by atomic mass is 10.1. The number of oxazole rings is 1. The molecule has 1 amide bonds. The molecular weight excluding hydrogens is 295 g/mol. The van der Waals surface area contributed by atoms with Crippen LogP contribution >= 0.6 is 0 Å². The zero-order valence-corrected chi connectivity index (χ0v) is 12.5. The van der Waals surface area contributed by atoms with Crippen molar-refractivity contribution < 1.29 is 13.6 Å². The molecule has 5 heteroatoms. The zero-order valence-electron chi connectivity index (χ0n) is 12.5. The van der Waals surface area contributed by atoms with Crippen LogP contribution in [0, 0.1) is 5.82 Å². The molecule has 1 N–H and O–H groups in total. The van der Waals surface area contributed by atoms with Crippen LogP contribution in [-0.2, 0) is 0 Å². The second-order valence-corrected chi connectivity index (χ2v) is 4.91. The summed E-state index contributed by atoms with van der Waals surface area (Å²) in [5.41, 5.74) is 1.37. The van der Waals surface area contributed by atoms with Gasteiger partial charge in [0.1, 0.15) is 5.82 Å². The minimum absolute atomic E-state index is 0.200. The normalized spacial score (nSPS) is 10.5. The third-order valence-electron chi connectivity index (χ3n) is 3.38. The van der Waals surface area contributed by atoms with Crippen molar-refractivity contribution >= 4 is 5.91 Å². The van der Waals surface area contributed by atoms with Crippen molar-refractivity contribution in [1.82, 2.24) is 10.3 Å². The molecule has 0 atom stereocenters. The van der Waals surface area contributed by atoms with E-state index in [4.69, 9.17) is 4.42 Å². The SMILES string of the molecule is CCNC(=O)c1ccccc1-c1ncc(-c2ccccc2F)o1. The monoisotopic (exact) mass is 310 g/mol. The Labute approximate surface area is 133 Å². The quantitative estimate of drug-likeness (QED) is 0.795. The number of hydrogen-bond acceptors (Lipinski definition) is 3. The maximum absolute atomic E-state index is 13.8. The Hall–Kier alpha value is -2.95. The second-order valence-electron chi connectivity index (χ2n) is 4.91. The maximum atomic E-state index is 13.8. The van der Waals surface area contributed by atoms with E-state index in [2.05, 4.69) is 10.3 Å². The number of carbonyl (C=O) groups is 1. The summed E-state index contributed by atoms with van der Waals surface area (Å²) in [6.07, 6.45) is 1.46. The van der Waals surface area contributed by atoms with Crippen LogP contribution in [0.15, 0.2) is 59.1 Å². The highest BCUT2D eigenvalue weighted by Crippen LogP contribution is 2.29. The number of carbonyl (C=O) groups excluding carboxylic acids is 1. The zero-order chi connectivity index (χ0) is 16.2. The van der Waals surface area contributed by atoms with Gasteiger partial charge in [0.05, 0.1) is 17.3 Å². The van der Waals surface area contributed by atoms with Crippen LogP contribution in [-0.4, -0.2) is 17.4 Å². The third kappa shape index (κ3) is 2.99. The van der Waals surface area contributed by atoms with Crippen molar-refractivity contribution in [3.63, 3.8) is 0 Å². The first-order chi connectivity index (χ1) is 11.2. The third-order valence-corrected chi connectivity index (χ3v) is 3.38. The number of hydrogen-bond donors (Lipinski definition) is 1. The van der Waals surface area contributed by atoms with Crippen LogP contribution in [0.5, 0.6) is 0 Å². The number of nitrogens with zero attached hydrogens (tertiary/aromatic N) is 1. The highest BCUT2D eigenvalue weighted by molar-refractivity contribution is 6.00. The first kappa shape index (κ1) is 15.0. The van der Waals surface area contributed by atoms with Gasteiger partial charge in [-0.15, -0.1) is 0 Å². The van der Waals surface area contributed by atoms with Gasteiger partial charge in [-0.3, -0.25) is 4.79 Å². The summed E-state index contributed by atoms with van der Waals surface area (Å²) in [6.45, 7) is 2.38. The second kappa shape index (κ2) is 6.44. The molecule has 0 radical (unpaired) electrons. The Bertz CT molecular complexity index is 842. The number of halogens is 1. The number of rotatable bonds is 4. The first-order valence-corrected chi connectivity index (χ1v) is 7.29. The Morgan fingerprint density at radius 3 is 2.57 bits per heavy atom. The smallest absolute Gasteiger partial charge is 0.252 e. The van der Waals surface area contributed by atoms with E-state index in [0.717, 1.165) is 0 Å². The predicted molar refractivity (Wildman–Crippen MR) is 85.3 cm³/mol. The molecule has 0 aliphatic heterocycles. The average molecular weight is 310 g/mol. The largest absolute Gasteiger partial charge is 0.436 e. The summed E-state index contributed by atoms with van der Waals surface area (Å²) in [7, 11) is 0. The lowest BCUT2D eigenvalue weighted by Crippen LogP contribution is -2.23. The number of benzene rings is 2. The Morgan fingerprint density at radius 2 is 1.83 bits per heavy atom. The van der Waals surface area contributed by atoms with Crippen molar-refractivity contribution in [2.24, 2.45) is 0 Å². The molecule has 0 fully saturated rings. The summed E-state index contributed by atoms with van der Waals surface area (Å²) < 4.78 is 19.5. The fourth-order valence-electron chi connectivity index (χ4n) is 2.31. The molecule has 23 heavy (non-hydrogen) atoms. The van der Waals surface area contributed by atoms with Gasteiger partial charge in [-0.25, -0.2) is 9.37 Å². The van der Waals surface area contributed by atoms with E-state index in [-0.39, 0.29) is 17.6 Å². The van der Waals surface area contributed by atoms with Crippen LogP contribution in [0.1, 0.15) is 17.3 Å². The van der Waals surface area contributed by atoms with Gasteiger partial charge in [0, 0.05) is 12.1 Å². The van der Waals surface area contributed by atoms with Crippen molar-refractivity contribution in [2.75, 3.05) is 6.54 Å². The van der Waals surface area contributed by atoms with Gasteiger partial charge in [0.2, 0.25) is 5.89 Å². The summed E-state index contributed by atoms with van der Waals surface area (Å²) in [4.78, 5) is 16.3. The van der Waals surface area contributed by atoms with E-state index < -0.39 is 0 Å². The van der Waals surface area contributed by atoms with Gasteiger partial charge in [-0.2, -0.15) is 0 Å². The number of aromatic nitrogens is 1. The van der Waals surface area contributed by atoms with E-state index in [1.165, 1.54) is 12.3 Å². The van der Waals surface area contributed by atoms with E-state index >= 15 is 0 Å². The average Bonchev–Trinajstić information content (AvgIpc) is 3.05. The van der Waals surface area contributed by atoms with Crippen LogP contribution in [0.3, 0.4) is 0 Å². The molecule has 3 aromatic rings. The summed E-state index contributed by atoms with van der Waals surface area (Å²) in [6, 6.07) is 13.3. The molecule has 3 rings (SSSR count).